The van der Waals surface area contributed by atoms with Crippen LogP contribution in [0.1, 0.15) is 33.6 Å². The molecule has 1 aliphatic rings. The van der Waals surface area contributed by atoms with Gasteiger partial charge in [-0.05, 0) is 64.1 Å². The van der Waals surface area contributed by atoms with Crippen molar-refractivity contribution in [3.8, 4) is 0 Å². The molecule has 0 radical (unpaired) electrons. The highest BCUT2D eigenvalue weighted by Crippen LogP contribution is 2.22. The highest BCUT2D eigenvalue weighted by Gasteiger charge is 2.19. The van der Waals surface area contributed by atoms with Crippen molar-refractivity contribution in [2.75, 3.05) is 38.2 Å². The van der Waals surface area contributed by atoms with Crippen molar-refractivity contribution in [2.45, 2.75) is 39.2 Å². The quantitative estimate of drug-likeness (QED) is 0.763. The molecule has 0 bridgehead atoms. The van der Waals surface area contributed by atoms with Crippen molar-refractivity contribution in [3.63, 3.8) is 0 Å². The molecule has 1 fully saturated rings. The molecule has 112 valence electrons. The summed E-state index contributed by atoms with van der Waals surface area (Å²) < 4.78 is 5.30. The van der Waals surface area contributed by atoms with E-state index >= 15 is 0 Å². The summed E-state index contributed by atoms with van der Waals surface area (Å²) in [5.74, 6) is 3.45. The Labute approximate surface area is 121 Å². The number of hydrogen-bond donors (Lipinski definition) is 1. The molecular formula is C14H28N2O2S. The number of carbonyl (C=O) groups excluding carboxylic acids is 1. The molecule has 1 amide bonds. The van der Waals surface area contributed by atoms with Crippen molar-refractivity contribution in [2.24, 2.45) is 5.92 Å². The number of rotatable bonds is 6. The molecule has 4 nitrogen and oxygen atoms in total. The Morgan fingerprint density at radius 2 is 2.21 bits per heavy atom. The van der Waals surface area contributed by atoms with Crippen molar-refractivity contribution < 1.29 is 9.53 Å². The molecule has 0 aromatic carbocycles. The van der Waals surface area contributed by atoms with Gasteiger partial charge in [-0.25, -0.2) is 4.79 Å². The topological polar surface area (TPSA) is 41.6 Å². The van der Waals surface area contributed by atoms with Gasteiger partial charge >= 0.3 is 6.09 Å². The standard InChI is InChI=1S/C14H28N2O2S/c1-14(2,3)18-13(17)16(4)8-5-7-15-10-12-6-9-19-11-12/h12,15H,5-11H2,1-4H3. The van der Waals surface area contributed by atoms with Gasteiger partial charge in [0.15, 0.2) is 0 Å². The van der Waals surface area contributed by atoms with E-state index in [1.54, 1.807) is 11.9 Å². The smallest absolute Gasteiger partial charge is 0.410 e. The molecule has 1 saturated heterocycles. The number of carbonyl (C=O) groups is 1. The van der Waals surface area contributed by atoms with E-state index in [0.29, 0.717) is 0 Å². The van der Waals surface area contributed by atoms with Crippen LogP contribution in [0.25, 0.3) is 0 Å². The van der Waals surface area contributed by atoms with Crippen molar-refractivity contribution >= 4 is 17.9 Å². The maximum atomic E-state index is 11.7. The first-order valence-corrected chi connectivity index (χ1v) is 8.26. The Morgan fingerprint density at radius 1 is 1.47 bits per heavy atom. The fourth-order valence-corrected chi connectivity index (χ4v) is 3.21. The second-order valence-corrected chi connectivity index (χ2v) is 7.34. The lowest BCUT2D eigenvalue weighted by atomic mass is 10.1. The highest BCUT2D eigenvalue weighted by atomic mass is 32.2. The van der Waals surface area contributed by atoms with E-state index in [-0.39, 0.29) is 6.09 Å². The Kier molecular flexibility index (Phi) is 7.00. The molecule has 0 aromatic heterocycles. The van der Waals surface area contributed by atoms with Crippen LogP contribution in [0, 0.1) is 5.92 Å². The van der Waals surface area contributed by atoms with Gasteiger partial charge in [-0.1, -0.05) is 0 Å². The third-order valence-corrected chi connectivity index (χ3v) is 4.24. The number of hydrogen-bond acceptors (Lipinski definition) is 4. The van der Waals surface area contributed by atoms with Gasteiger partial charge in [0.2, 0.25) is 0 Å². The summed E-state index contributed by atoms with van der Waals surface area (Å²) in [5, 5.41) is 3.48. The minimum atomic E-state index is -0.413. The average molecular weight is 288 g/mol. The fourth-order valence-electron chi connectivity index (χ4n) is 1.92. The van der Waals surface area contributed by atoms with Crippen LogP contribution in [0.4, 0.5) is 4.79 Å². The molecule has 0 saturated carbocycles. The van der Waals surface area contributed by atoms with Crippen LogP contribution in [0.5, 0.6) is 0 Å². The summed E-state index contributed by atoms with van der Waals surface area (Å²) in [6.07, 6.45) is 2.07. The first kappa shape index (κ1) is 16.6. The molecule has 0 aromatic rings. The van der Waals surface area contributed by atoms with Crippen LogP contribution in [0.3, 0.4) is 0 Å². The van der Waals surface area contributed by atoms with E-state index in [9.17, 15) is 4.79 Å². The van der Waals surface area contributed by atoms with Crippen LogP contribution in [0.2, 0.25) is 0 Å². The minimum absolute atomic E-state index is 0.236. The number of nitrogens with one attached hydrogen (secondary N) is 1. The minimum Gasteiger partial charge on any atom is -0.444 e. The van der Waals surface area contributed by atoms with Gasteiger partial charge in [0.05, 0.1) is 0 Å². The summed E-state index contributed by atoms with van der Waals surface area (Å²) in [7, 11) is 1.79. The van der Waals surface area contributed by atoms with Crippen LogP contribution < -0.4 is 5.32 Å². The highest BCUT2D eigenvalue weighted by molar-refractivity contribution is 7.99. The predicted octanol–water partition coefficient (Wildman–Crippen LogP) is 2.59. The second kappa shape index (κ2) is 8.00. The molecule has 1 rings (SSSR count). The van der Waals surface area contributed by atoms with Crippen LogP contribution in [-0.2, 0) is 4.74 Å². The molecule has 1 aliphatic heterocycles. The lowest BCUT2D eigenvalue weighted by molar-refractivity contribution is 0.0297. The Hall–Kier alpha value is -0.420. The summed E-state index contributed by atoms with van der Waals surface area (Å²) >= 11 is 2.05. The number of amides is 1. The number of thioether (sulfide) groups is 1. The van der Waals surface area contributed by atoms with E-state index in [4.69, 9.17) is 4.74 Å². The van der Waals surface area contributed by atoms with Crippen molar-refractivity contribution in [1.82, 2.24) is 10.2 Å². The van der Waals surface area contributed by atoms with Gasteiger partial charge in [-0.3, -0.25) is 0 Å². The molecule has 1 atom stereocenters. The van der Waals surface area contributed by atoms with E-state index in [2.05, 4.69) is 17.1 Å². The lowest BCUT2D eigenvalue weighted by Gasteiger charge is -2.24. The number of nitrogens with zero attached hydrogens (tertiary/aromatic N) is 1. The SMILES string of the molecule is CN(CCCNCC1CCSC1)C(=O)OC(C)(C)C. The van der Waals surface area contributed by atoms with Crippen LogP contribution in [0.15, 0.2) is 0 Å². The maximum Gasteiger partial charge on any atom is 0.410 e. The normalized spacial score (nSPS) is 19.5. The third kappa shape index (κ3) is 7.67. The molecule has 0 spiro atoms. The van der Waals surface area contributed by atoms with E-state index in [1.165, 1.54) is 17.9 Å². The third-order valence-electron chi connectivity index (χ3n) is 3.01. The monoisotopic (exact) mass is 288 g/mol. The van der Waals surface area contributed by atoms with Crippen LogP contribution in [-0.4, -0.2) is 54.8 Å². The number of ether oxygens (including phenoxy) is 1. The van der Waals surface area contributed by atoms with Crippen LogP contribution >= 0.6 is 11.8 Å². The van der Waals surface area contributed by atoms with E-state index < -0.39 is 5.60 Å². The second-order valence-electron chi connectivity index (χ2n) is 6.19. The first-order chi connectivity index (χ1) is 8.88. The first-order valence-electron chi connectivity index (χ1n) is 7.11. The Bertz CT molecular complexity index is 273. The molecule has 0 aliphatic carbocycles. The van der Waals surface area contributed by atoms with Gasteiger partial charge in [-0.15, -0.1) is 0 Å². The van der Waals surface area contributed by atoms with Gasteiger partial charge in [0.25, 0.3) is 0 Å². The fraction of sp³-hybridized carbons (Fsp3) is 0.929. The molecular weight excluding hydrogens is 260 g/mol. The van der Waals surface area contributed by atoms with Gasteiger partial charge in [0, 0.05) is 13.6 Å². The molecule has 1 heterocycles. The molecule has 19 heavy (non-hydrogen) atoms. The van der Waals surface area contributed by atoms with Gasteiger partial charge in [-0.2, -0.15) is 11.8 Å². The maximum absolute atomic E-state index is 11.7. The van der Waals surface area contributed by atoms with Gasteiger partial charge < -0.3 is 15.0 Å². The zero-order valence-corrected chi connectivity index (χ0v) is 13.5. The predicted molar refractivity (Wildman–Crippen MR) is 81.8 cm³/mol. The summed E-state index contributed by atoms with van der Waals surface area (Å²) in [5.41, 5.74) is -0.413. The summed E-state index contributed by atoms with van der Waals surface area (Å²) in [6, 6.07) is 0. The van der Waals surface area contributed by atoms with E-state index in [1.807, 2.05) is 20.8 Å². The zero-order chi connectivity index (χ0) is 14.3. The molecule has 1 N–H and O–H groups in total. The Balaban J connectivity index is 2.03. The van der Waals surface area contributed by atoms with E-state index in [0.717, 1.165) is 32.0 Å². The van der Waals surface area contributed by atoms with Crippen molar-refractivity contribution in [1.29, 1.82) is 0 Å². The zero-order valence-electron chi connectivity index (χ0n) is 12.7. The molecule has 5 heteroatoms. The Morgan fingerprint density at radius 3 is 2.79 bits per heavy atom. The lowest BCUT2D eigenvalue weighted by Crippen LogP contribution is -2.35. The largest absolute Gasteiger partial charge is 0.444 e. The van der Waals surface area contributed by atoms with Crippen molar-refractivity contribution in [3.05, 3.63) is 0 Å². The average Bonchev–Trinajstić information content (AvgIpc) is 2.79. The summed E-state index contributed by atoms with van der Waals surface area (Å²) in [4.78, 5) is 13.4. The van der Waals surface area contributed by atoms with Gasteiger partial charge in [0.1, 0.15) is 5.60 Å². The summed E-state index contributed by atoms with van der Waals surface area (Å²) in [6.45, 7) is 8.48. The molecule has 1 unspecified atom stereocenters.